The predicted molar refractivity (Wildman–Crippen MR) is 272 cm³/mol. The summed E-state index contributed by atoms with van der Waals surface area (Å²) in [5.74, 6) is 0.892. The molecule has 12 rings (SSSR count). The molecule has 3 aliphatic rings. The Labute approximate surface area is 404 Å². The SMILES string of the molecule is Cc1cccc(C)c1B1N(c2[c-]c(N3B(c4c(C)cccc4C)N(c4ccccc4)c4cccnc43)ccc2)c2[c-]c3c(cc2N1c1ccccc1)[Si](C)(C)c1cccc2c1n-3[c-][n+]2C.[Pt]. The van der Waals surface area contributed by atoms with Gasteiger partial charge in [0.1, 0.15) is 5.82 Å². The number of nitrogens with zero attached hydrogens (tertiary/aromatic N) is 7. The second-order valence-corrected chi connectivity index (χ2v) is 22.7. The van der Waals surface area contributed by atoms with Gasteiger partial charge in [-0.15, -0.1) is 18.2 Å². The first-order valence-electron chi connectivity index (χ1n) is 22.5. The standard InChI is InChI=1S/C55H47B2N7Si.Pt/c1-37-19-14-20-38(2)52(37)56-62(42-25-12-9-13-26-42)48-35-51-49(60-36-59(5)45-29-17-31-50(54(45)60)65(51,6)7)34-47(48)63(56)43-27-16-28-44(33-43)64-55-46(30-18-32-58-55)61(41-23-10-8-11-24-41)57(64)53-39(3)21-15-22-40(53)4;/h8-32,35H,1-7H3;/q-2;. The minimum atomic E-state index is -2.25. The molecule has 0 bridgehead atoms. The van der Waals surface area contributed by atoms with Gasteiger partial charge in [0.05, 0.1) is 23.8 Å². The molecule has 9 aromatic rings. The summed E-state index contributed by atoms with van der Waals surface area (Å²) in [4.78, 5) is 15.0. The van der Waals surface area contributed by atoms with Crippen molar-refractivity contribution in [2.75, 3.05) is 19.2 Å². The van der Waals surface area contributed by atoms with Gasteiger partial charge in [-0.1, -0.05) is 160 Å². The van der Waals surface area contributed by atoms with Crippen LogP contribution in [-0.2, 0) is 28.1 Å². The van der Waals surface area contributed by atoms with E-state index in [2.05, 4.69) is 240 Å². The second-order valence-electron chi connectivity index (χ2n) is 18.3. The summed E-state index contributed by atoms with van der Waals surface area (Å²) in [6, 6.07) is 63.3. The molecular formula is C55H47B2N7PtSi-2. The van der Waals surface area contributed by atoms with Gasteiger partial charge in [-0.3, -0.25) is 0 Å². The molecule has 66 heavy (non-hydrogen) atoms. The van der Waals surface area contributed by atoms with Gasteiger partial charge in [0.15, 0.2) is 0 Å². The number of imidazole rings is 1. The number of aromatic nitrogens is 3. The van der Waals surface area contributed by atoms with Gasteiger partial charge in [-0.05, 0) is 75.0 Å². The zero-order valence-corrected chi connectivity index (χ0v) is 41.4. The molecule has 2 aromatic heterocycles. The van der Waals surface area contributed by atoms with Crippen LogP contribution in [0.1, 0.15) is 22.3 Å². The Hall–Kier alpha value is -6.60. The molecule has 0 radical (unpaired) electrons. The number of hydrogen-bond acceptors (Lipinski definition) is 5. The molecule has 3 aliphatic heterocycles. The Morgan fingerprint density at radius 3 is 1.70 bits per heavy atom. The molecule has 0 atom stereocenters. The quantitative estimate of drug-likeness (QED) is 0.0945. The Morgan fingerprint density at radius 1 is 0.530 bits per heavy atom. The summed E-state index contributed by atoms with van der Waals surface area (Å²) >= 11 is 0. The van der Waals surface area contributed by atoms with Crippen molar-refractivity contribution in [3.63, 3.8) is 0 Å². The molecule has 0 amide bonds. The fourth-order valence-corrected chi connectivity index (χ4v) is 14.0. The van der Waals surface area contributed by atoms with Crippen LogP contribution in [-0.4, -0.2) is 31.6 Å². The fraction of sp³-hybridized carbons (Fsp3) is 0.127. The van der Waals surface area contributed by atoms with E-state index in [-0.39, 0.29) is 35.0 Å². The average Bonchev–Trinajstić information content (AvgIpc) is 3.96. The van der Waals surface area contributed by atoms with Gasteiger partial charge in [0.2, 0.25) is 6.33 Å². The van der Waals surface area contributed by atoms with Crippen LogP contribution in [0.5, 0.6) is 0 Å². The molecule has 0 spiro atoms. The Balaban J connectivity index is 0.00000481. The molecule has 7 aromatic carbocycles. The molecule has 0 saturated carbocycles. The van der Waals surface area contributed by atoms with E-state index in [4.69, 9.17) is 4.98 Å². The molecule has 0 unspecified atom stereocenters. The first kappa shape index (κ1) is 42.1. The minimum absolute atomic E-state index is 0. The van der Waals surface area contributed by atoms with Crippen molar-refractivity contribution in [3.8, 4) is 5.69 Å². The largest absolute Gasteiger partial charge is 0.420 e. The van der Waals surface area contributed by atoms with E-state index >= 15 is 0 Å². The average molecular weight is 1050 g/mol. The Kier molecular flexibility index (Phi) is 10.1. The summed E-state index contributed by atoms with van der Waals surface area (Å²) in [7, 11) is -0.144. The summed E-state index contributed by atoms with van der Waals surface area (Å²) in [6.45, 7) is 13.5. The van der Waals surface area contributed by atoms with Crippen LogP contribution in [0.15, 0.2) is 158 Å². The van der Waals surface area contributed by atoms with Crippen LogP contribution in [0.2, 0.25) is 13.1 Å². The van der Waals surface area contributed by atoms with E-state index in [1.807, 2.05) is 12.3 Å². The third-order valence-electron chi connectivity index (χ3n) is 14.1. The van der Waals surface area contributed by atoms with Crippen LogP contribution in [0.4, 0.5) is 45.6 Å². The maximum absolute atomic E-state index is 5.16. The van der Waals surface area contributed by atoms with Crippen molar-refractivity contribution in [2.24, 2.45) is 7.05 Å². The third-order valence-corrected chi connectivity index (χ3v) is 17.6. The zero-order valence-electron chi connectivity index (χ0n) is 38.1. The maximum Gasteiger partial charge on any atom is 0.420 e. The van der Waals surface area contributed by atoms with E-state index in [9.17, 15) is 0 Å². The minimum Gasteiger partial charge on any atom is -0.415 e. The molecule has 11 heteroatoms. The van der Waals surface area contributed by atoms with Gasteiger partial charge in [-0.25, -0.2) is 4.98 Å². The van der Waals surface area contributed by atoms with E-state index in [1.54, 1.807) is 0 Å². The third kappa shape index (κ3) is 6.14. The number of para-hydroxylation sites is 3. The number of aryl methyl sites for hydroxylation is 5. The first-order valence-corrected chi connectivity index (χ1v) is 25.5. The number of anilines is 8. The van der Waals surface area contributed by atoms with Crippen molar-refractivity contribution >= 4 is 100 Å². The molecule has 0 aliphatic carbocycles. The number of hydrogen-bond donors (Lipinski definition) is 0. The molecular weight excluding hydrogens is 1000 g/mol. The summed E-state index contributed by atoms with van der Waals surface area (Å²) < 4.78 is 4.41. The summed E-state index contributed by atoms with van der Waals surface area (Å²) in [5, 5.41) is 2.77. The Bertz CT molecular complexity index is 3340. The second kappa shape index (κ2) is 15.8. The number of fused-ring (bicyclic) bond motifs is 4. The molecule has 7 nitrogen and oxygen atoms in total. The number of benzene rings is 7. The van der Waals surface area contributed by atoms with Gasteiger partial charge < -0.3 is 28.4 Å². The van der Waals surface area contributed by atoms with Crippen LogP contribution in [0, 0.1) is 46.2 Å². The van der Waals surface area contributed by atoms with E-state index in [0.717, 1.165) is 51.3 Å². The van der Waals surface area contributed by atoms with Crippen molar-refractivity contribution in [3.05, 3.63) is 199 Å². The Morgan fingerprint density at radius 2 is 1.08 bits per heavy atom. The molecule has 5 heterocycles. The molecule has 324 valence electrons. The van der Waals surface area contributed by atoms with Crippen molar-refractivity contribution in [1.82, 2.24) is 9.55 Å². The predicted octanol–water partition coefficient (Wildman–Crippen LogP) is 8.99. The van der Waals surface area contributed by atoms with Crippen molar-refractivity contribution in [1.29, 1.82) is 0 Å². The molecule has 0 N–H and O–H groups in total. The van der Waals surface area contributed by atoms with E-state index in [0.29, 0.717) is 0 Å². The zero-order chi connectivity index (χ0) is 44.3. The van der Waals surface area contributed by atoms with E-state index < -0.39 is 8.07 Å². The van der Waals surface area contributed by atoms with Crippen LogP contribution in [0.25, 0.3) is 16.7 Å². The van der Waals surface area contributed by atoms with Crippen LogP contribution in [0.3, 0.4) is 0 Å². The maximum atomic E-state index is 5.16. The van der Waals surface area contributed by atoms with Gasteiger partial charge in [-0.2, -0.15) is 23.4 Å². The van der Waals surface area contributed by atoms with E-state index in [1.165, 1.54) is 54.6 Å². The van der Waals surface area contributed by atoms with Gasteiger partial charge >= 0.3 is 14.0 Å². The summed E-state index contributed by atoms with van der Waals surface area (Å²) in [6.07, 6.45) is 5.62. The van der Waals surface area contributed by atoms with Crippen molar-refractivity contribution in [2.45, 2.75) is 40.8 Å². The van der Waals surface area contributed by atoms with Crippen molar-refractivity contribution < 1.29 is 25.6 Å². The number of pyridine rings is 1. The van der Waals surface area contributed by atoms with Crippen LogP contribution >= 0.6 is 0 Å². The smallest absolute Gasteiger partial charge is 0.415 e. The van der Waals surface area contributed by atoms with Crippen LogP contribution < -0.4 is 45.1 Å². The normalized spacial score (nSPS) is 14.4. The fourth-order valence-electron chi connectivity index (χ4n) is 11.1. The van der Waals surface area contributed by atoms with Gasteiger partial charge in [0, 0.05) is 46.7 Å². The molecule has 0 fully saturated rings. The topological polar surface area (TPSA) is 34.7 Å². The molecule has 0 saturated heterocycles. The summed E-state index contributed by atoms with van der Waals surface area (Å²) in [5.41, 5.74) is 18.2. The van der Waals surface area contributed by atoms with Gasteiger partial charge in [0.25, 0.3) is 0 Å². The number of rotatable bonds is 6. The first-order chi connectivity index (χ1) is 31.6. The monoisotopic (exact) mass is 1050 g/mol.